The molecule has 0 spiro atoms. The largest absolute Gasteiger partial charge is 0.374 e. The molecule has 0 N–H and O–H groups in total. The predicted octanol–water partition coefficient (Wildman–Crippen LogP) is 3.19. The molecular weight excluding hydrogens is 203 g/mol. The van der Waals surface area contributed by atoms with Crippen LogP contribution in [0.1, 0.15) is 23.1 Å². The number of fused-ring (bicyclic) bond motifs is 1. The fourth-order valence-electron chi connectivity index (χ4n) is 2.24. The topological polar surface area (TPSA) is 9.23 Å². The molecule has 0 aliphatic heterocycles. The minimum atomic E-state index is -0.0281. The van der Waals surface area contributed by atoms with E-state index in [1.54, 1.807) is 6.08 Å². The van der Waals surface area contributed by atoms with Crippen molar-refractivity contribution >= 4 is 0 Å². The highest BCUT2D eigenvalue weighted by molar-refractivity contribution is 5.35. The maximum Gasteiger partial charge on any atom is 0.129 e. The van der Waals surface area contributed by atoms with Crippen molar-refractivity contribution in [3.05, 3.63) is 47.3 Å². The van der Waals surface area contributed by atoms with E-state index >= 15 is 0 Å². The van der Waals surface area contributed by atoms with Crippen LogP contribution in [-0.4, -0.2) is 12.7 Å². The summed E-state index contributed by atoms with van der Waals surface area (Å²) in [6.07, 6.45) is 4.48. The summed E-state index contributed by atoms with van der Waals surface area (Å²) >= 11 is 0. The van der Waals surface area contributed by atoms with E-state index in [4.69, 9.17) is 4.74 Å². The lowest BCUT2D eigenvalue weighted by molar-refractivity contribution is 0.0639. The molecular formula is C14H17FO. The minimum absolute atomic E-state index is 0.0281. The summed E-state index contributed by atoms with van der Waals surface area (Å²) in [6.45, 7) is 6.02. The number of benzene rings is 1. The summed E-state index contributed by atoms with van der Waals surface area (Å²) in [5.74, 6) is -0.0281. The van der Waals surface area contributed by atoms with Crippen LogP contribution >= 0.6 is 0 Å². The van der Waals surface area contributed by atoms with Crippen molar-refractivity contribution < 1.29 is 9.13 Å². The van der Waals surface area contributed by atoms with Gasteiger partial charge in [0.1, 0.15) is 5.82 Å². The molecule has 1 aliphatic rings. The molecule has 0 saturated heterocycles. The standard InChI is InChI=1S/C14H17FO/c1-3-8-16-12-6-7-13-11(9-12)5-4-10(2)14(13)15/h3-5,12H,1,6-9H2,2H3. The van der Waals surface area contributed by atoms with Crippen LogP contribution < -0.4 is 0 Å². The van der Waals surface area contributed by atoms with E-state index in [1.165, 1.54) is 0 Å². The van der Waals surface area contributed by atoms with Gasteiger partial charge in [-0.2, -0.15) is 0 Å². The van der Waals surface area contributed by atoms with Crippen LogP contribution in [0.2, 0.25) is 0 Å². The molecule has 1 aromatic rings. The van der Waals surface area contributed by atoms with Crippen molar-refractivity contribution in [2.75, 3.05) is 6.61 Å². The first-order valence-electron chi connectivity index (χ1n) is 5.71. The third-order valence-electron chi connectivity index (χ3n) is 3.15. The summed E-state index contributed by atoms with van der Waals surface area (Å²) in [5, 5.41) is 0. The fourth-order valence-corrected chi connectivity index (χ4v) is 2.24. The van der Waals surface area contributed by atoms with Gasteiger partial charge in [0.15, 0.2) is 0 Å². The number of halogens is 1. The van der Waals surface area contributed by atoms with Gasteiger partial charge in [-0.1, -0.05) is 18.2 Å². The van der Waals surface area contributed by atoms with Crippen LogP contribution in [0.4, 0.5) is 4.39 Å². The Morgan fingerprint density at radius 1 is 1.56 bits per heavy atom. The normalized spacial score (nSPS) is 19.2. The summed E-state index contributed by atoms with van der Waals surface area (Å²) in [7, 11) is 0. The summed E-state index contributed by atoms with van der Waals surface area (Å²) in [4.78, 5) is 0. The number of ether oxygens (including phenoxy) is 1. The summed E-state index contributed by atoms with van der Waals surface area (Å²) in [6, 6.07) is 3.88. The Morgan fingerprint density at radius 3 is 3.12 bits per heavy atom. The van der Waals surface area contributed by atoms with E-state index in [2.05, 4.69) is 6.58 Å². The van der Waals surface area contributed by atoms with Crippen molar-refractivity contribution in [2.45, 2.75) is 32.3 Å². The molecule has 1 aliphatic carbocycles. The molecule has 1 aromatic carbocycles. The lowest BCUT2D eigenvalue weighted by Gasteiger charge is -2.25. The Bertz CT molecular complexity index is 398. The zero-order valence-electron chi connectivity index (χ0n) is 9.63. The third-order valence-corrected chi connectivity index (χ3v) is 3.15. The highest BCUT2D eigenvalue weighted by atomic mass is 19.1. The lowest BCUT2D eigenvalue weighted by Crippen LogP contribution is -2.23. The molecule has 2 heteroatoms. The molecule has 86 valence electrons. The first-order chi connectivity index (χ1) is 7.72. The molecule has 0 bridgehead atoms. The second-order valence-corrected chi connectivity index (χ2v) is 4.32. The van der Waals surface area contributed by atoms with Crippen LogP contribution in [0.15, 0.2) is 24.8 Å². The van der Waals surface area contributed by atoms with Crippen molar-refractivity contribution in [1.29, 1.82) is 0 Å². The maximum atomic E-state index is 13.8. The summed E-state index contributed by atoms with van der Waals surface area (Å²) in [5.41, 5.74) is 2.73. The SMILES string of the molecule is C=CCOC1CCc2c(ccc(C)c2F)C1. The molecule has 2 rings (SSSR count). The average Bonchev–Trinajstić information content (AvgIpc) is 2.31. The number of hydrogen-bond donors (Lipinski definition) is 0. The molecule has 1 nitrogen and oxygen atoms in total. The Labute approximate surface area is 95.9 Å². The van der Waals surface area contributed by atoms with Crippen LogP contribution in [-0.2, 0) is 17.6 Å². The molecule has 0 heterocycles. The van der Waals surface area contributed by atoms with Crippen molar-refractivity contribution in [2.24, 2.45) is 0 Å². The van der Waals surface area contributed by atoms with Gasteiger partial charge in [0.05, 0.1) is 12.7 Å². The molecule has 16 heavy (non-hydrogen) atoms. The Kier molecular flexibility index (Phi) is 3.39. The van der Waals surface area contributed by atoms with Gasteiger partial charge in [-0.25, -0.2) is 4.39 Å². The van der Waals surface area contributed by atoms with Crippen molar-refractivity contribution in [3.63, 3.8) is 0 Å². The highest BCUT2D eigenvalue weighted by Gasteiger charge is 2.21. The van der Waals surface area contributed by atoms with Gasteiger partial charge in [-0.05, 0) is 42.9 Å². The Hall–Kier alpha value is -1.15. The second-order valence-electron chi connectivity index (χ2n) is 4.32. The van der Waals surface area contributed by atoms with E-state index in [1.807, 2.05) is 19.1 Å². The van der Waals surface area contributed by atoms with E-state index in [0.717, 1.165) is 36.0 Å². The lowest BCUT2D eigenvalue weighted by atomic mass is 9.88. The smallest absolute Gasteiger partial charge is 0.129 e. The van der Waals surface area contributed by atoms with Crippen LogP contribution in [0.5, 0.6) is 0 Å². The van der Waals surface area contributed by atoms with Crippen LogP contribution in [0.25, 0.3) is 0 Å². The van der Waals surface area contributed by atoms with Gasteiger partial charge >= 0.3 is 0 Å². The van der Waals surface area contributed by atoms with Gasteiger partial charge in [0.2, 0.25) is 0 Å². The van der Waals surface area contributed by atoms with E-state index in [-0.39, 0.29) is 11.9 Å². The Balaban J connectivity index is 2.15. The Morgan fingerprint density at radius 2 is 2.38 bits per heavy atom. The highest BCUT2D eigenvalue weighted by Crippen LogP contribution is 2.27. The predicted molar refractivity (Wildman–Crippen MR) is 63.1 cm³/mol. The number of rotatable bonds is 3. The van der Waals surface area contributed by atoms with Gasteiger partial charge in [-0.3, -0.25) is 0 Å². The van der Waals surface area contributed by atoms with Gasteiger partial charge < -0.3 is 4.74 Å². The second kappa shape index (κ2) is 4.79. The molecule has 0 saturated carbocycles. The fraction of sp³-hybridized carbons (Fsp3) is 0.429. The molecule has 0 aromatic heterocycles. The van der Waals surface area contributed by atoms with E-state index in [0.29, 0.717) is 6.61 Å². The number of hydrogen-bond acceptors (Lipinski definition) is 1. The zero-order chi connectivity index (χ0) is 11.5. The summed E-state index contributed by atoms with van der Waals surface area (Å²) < 4.78 is 19.4. The zero-order valence-corrected chi connectivity index (χ0v) is 9.63. The third kappa shape index (κ3) is 2.17. The van der Waals surface area contributed by atoms with Crippen LogP contribution in [0.3, 0.4) is 0 Å². The molecule has 0 amide bonds. The van der Waals surface area contributed by atoms with Crippen molar-refractivity contribution in [3.8, 4) is 0 Å². The number of aryl methyl sites for hydroxylation is 1. The molecule has 0 radical (unpaired) electrons. The first kappa shape index (κ1) is 11.3. The van der Waals surface area contributed by atoms with Gasteiger partial charge in [0.25, 0.3) is 0 Å². The van der Waals surface area contributed by atoms with Crippen LogP contribution in [0, 0.1) is 12.7 Å². The molecule has 1 atom stereocenters. The molecule has 1 unspecified atom stereocenters. The van der Waals surface area contributed by atoms with E-state index < -0.39 is 0 Å². The van der Waals surface area contributed by atoms with E-state index in [9.17, 15) is 4.39 Å². The van der Waals surface area contributed by atoms with Crippen molar-refractivity contribution in [1.82, 2.24) is 0 Å². The average molecular weight is 220 g/mol. The molecule has 0 fully saturated rings. The van der Waals surface area contributed by atoms with Gasteiger partial charge in [0, 0.05) is 0 Å². The first-order valence-corrected chi connectivity index (χ1v) is 5.71. The monoisotopic (exact) mass is 220 g/mol. The van der Waals surface area contributed by atoms with Gasteiger partial charge in [-0.15, -0.1) is 6.58 Å². The minimum Gasteiger partial charge on any atom is -0.374 e. The maximum absolute atomic E-state index is 13.8. The quantitative estimate of drug-likeness (QED) is 0.711.